The van der Waals surface area contributed by atoms with Crippen LogP contribution >= 0.6 is 0 Å². The molecule has 0 N–H and O–H groups in total. The Hall–Kier alpha value is -1.93. The van der Waals surface area contributed by atoms with Crippen molar-refractivity contribution in [2.45, 2.75) is 18.2 Å². The Morgan fingerprint density at radius 3 is 2.60 bits per heavy atom. The normalized spacial score (nSPS) is 19.9. The maximum absolute atomic E-state index is 12.6. The number of fused-ring (bicyclic) bond motifs is 2. The number of rotatable bonds is 1. The molecule has 0 spiro atoms. The van der Waals surface area contributed by atoms with Crippen LogP contribution in [0.1, 0.15) is 18.9 Å². The second-order valence-corrected chi connectivity index (χ2v) is 6.74. The predicted molar refractivity (Wildman–Crippen MR) is 83.6 cm³/mol. The molecule has 1 atom stereocenters. The van der Waals surface area contributed by atoms with Crippen molar-refractivity contribution in [3.05, 3.63) is 70.6 Å². The third-order valence-electron chi connectivity index (χ3n) is 3.94. The molecule has 98 valence electrons. The summed E-state index contributed by atoms with van der Waals surface area (Å²) in [5.74, 6) is 0. The highest BCUT2D eigenvalue weighted by Crippen LogP contribution is 2.48. The van der Waals surface area contributed by atoms with E-state index in [1.165, 1.54) is 27.8 Å². The fourth-order valence-corrected chi connectivity index (χ4v) is 4.64. The number of allylic oxidation sites excluding steroid dienone is 3. The molecular weight excluding hydrogens is 264 g/mol. The first-order chi connectivity index (χ1) is 9.75. The molecule has 2 aliphatic rings. The molecule has 4 rings (SSSR count). The van der Waals surface area contributed by atoms with Crippen molar-refractivity contribution in [1.82, 2.24) is 0 Å². The van der Waals surface area contributed by atoms with Gasteiger partial charge in [-0.15, -0.1) is 0 Å². The van der Waals surface area contributed by atoms with E-state index in [0.29, 0.717) is 0 Å². The summed E-state index contributed by atoms with van der Waals surface area (Å²) in [4.78, 5) is 1.99. The minimum absolute atomic E-state index is 0.928. The van der Waals surface area contributed by atoms with Crippen LogP contribution in [0.2, 0.25) is 0 Å². The molecule has 1 unspecified atom stereocenters. The molecule has 0 saturated carbocycles. The van der Waals surface area contributed by atoms with Crippen molar-refractivity contribution < 1.29 is 4.21 Å². The van der Waals surface area contributed by atoms with Crippen molar-refractivity contribution in [1.29, 1.82) is 0 Å². The van der Waals surface area contributed by atoms with Crippen LogP contribution in [0.3, 0.4) is 0 Å². The van der Waals surface area contributed by atoms with E-state index in [2.05, 4.69) is 31.2 Å². The molecule has 2 aromatic rings. The summed E-state index contributed by atoms with van der Waals surface area (Å²) in [5.41, 5.74) is 6.15. The van der Waals surface area contributed by atoms with Gasteiger partial charge in [0.25, 0.3) is 0 Å². The van der Waals surface area contributed by atoms with Crippen LogP contribution in [0, 0.1) is 0 Å². The van der Waals surface area contributed by atoms with Gasteiger partial charge in [-0.1, -0.05) is 48.0 Å². The van der Waals surface area contributed by atoms with Crippen LogP contribution in [-0.4, -0.2) is 4.21 Å². The van der Waals surface area contributed by atoms with E-state index in [9.17, 15) is 4.21 Å². The fourth-order valence-electron chi connectivity index (χ4n) is 3.08. The second kappa shape index (κ2) is 4.29. The van der Waals surface area contributed by atoms with E-state index in [1.807, 2.05) is 30.3 Å². The van der Waals surface area contributed by atoms with Gasteiger partial charge in [0.1, 0.15) is 0 Å². The molecule has 0 saturated heterocycles. The molecule has 0 radical (unpaired) electrons. The Bertz CT molecular complexity index is 797. The van der Waals surface area contributed by atoms with Crippen molar-refractivity contribution in [2.24, 2.45) is 0 Å². The lowest BCUT2D eigenvalue weighted by Gasteiger charge is -2.11. The Morgan fingerprint density at radius 2 is 1.80 bits per heavy atom. The maximum atomic E-state index is 12.6. The highest BCUT2D eigenvalue weighted by molar-refractivity contribution is 7.90. The summed E-state index contributed by atoms with van der Waals surface area (Å²) in [6.45, 7) is 2.11. The summed E-state index contributed by atoms with van der Waals surface area (Å²) >= 11 is 0. The maximum Gasteiger partial charge on any atom is 0.0859 e. The lowest BCUT2D eigenvalue weighted by atomic mass is 9.93. The molecule has 20 heavy (non-hydrogen) atoms. The van der Waals surface area contributed by atoms with Gasteiger partial charge in [0.15, 0.2) is 0 Å². The standard InChI is InChI=1S/C18H14OS/c1-12-10-15-17(11-12)20(19)16-9-5-8-14(18(15)16)13-6-3-2-4-7-13/h2-9,11H,10H2,1H3. The molecule has 2 heteroatoms. The number of hydrogen-bond donors (Lipinski definition) is 0. The average molecular weight is 278 g/mol. The summed E-state index contributed by atoms with van der Waals surface area (Å²) in [6, 6.07) is 16.5. The molecular formula is C18H14OS. The summed E-state index contributed by atoms with van der Waals surface area (Å²) < 4.78 is 12.6. The van der Waals surface area contributed by atoms with E-state index in [1.54, 1.807) is 0 Å². The van der Waals surface area contributed by atoms with Gasteiger partial charge in [0, 0.05) is 10.5 Å². The summed E-state index contributed by atoms with van der Waals surface area (Å²) in [5, 5.41) is 0. The molecule has 1 aliphatic heterocycles. The van der Waals surface area contributed by atoms with E-state index < -0.39 is 10.8 Å². The van der Waals surface area contributed by atoms with Crippen LogP contribution < -0.4 is 0 Å². The predicted octanol–water partition coefficient (Wildman–Crippen LogP) is 4.54. The smallest absolute Gasteiger partial charge is 0.0859 e. The largest absolute Gasteiger partial charge is 0.249 e. The van der Waals surface area contributed by atoms with Crippen LogP contribution in [0.15, 0.2) is 70.0 Å². The first-order valence-corrected chi connectivity index (χ1v) is 7.91. The van der Waals surface area contributed by atoms with Gasteiger partial charge >= 0.3 is 0 Å². The second-order valence-electron chi connectivity index (χ2n) is 5.32. The lowest BCUT2D eigenvalue weighted by molar-refractivity contribution is 0.688. The monoisotopic (exact) mass is 278 g/mol. The Kier molecular flexibility index (Phi) is 2.54. The first-order valence-electron chi connectivity index (χ1n) is 6.76. The van der Waals surface area contributed by atoms with Crippen molar-refractivity contribution >= 4 is 16.4 Å². The zero-order chi connectivity index (χ0) is 13.7. The topological polar surface area (TPSA) is 17.1 Å². The minimum atomic E-state index is -1.00. The van der Waals surface area contributed by atoms with Crippen LogP contribution in [0.4, 0.5) is 0 Å². The molecule has 0 aromatic heterocycles. The van der Waals surface area contributed by atoms with E-state index >= 15 is 0 Å². The third-order valence-corrected chi connectivity index (χ3v) is 5.45. The van der Waals surface area contributed by atoms with Gasteiger partial charge in [0.2, 0.25) is 0 Å². The average Bonchev–Trinajstić information content (AvgIpc) is 2.98. The van der Waals surface area contributed by atoms with Gasteiger partial charge < -0.3 is 0 Å². The highest BCUT2D eigenvalue weighted by atomic mass is 32.2. The van der Waals surface area contributed by atoms with Gasteiger partial charge in [-0.3, -0.25) is 0 Å². The van der Waals surface area contributed by atoms with Crippen molar-refractivity contribution in [3.63, 3.8) is 0 Å². The molecule has 0 fully saturated rings. The van der Waals surface area contributed by atoms with E-state index in [0.717, 1.165) is 16.2 Å². The van der Waals surface area contributed by atoms with Gasteiger partial charge in [-0.2, -0.15) is 0 Å². The molecule has 0 amide bonds. The van der Waals surface area contributed by atoms with Gasteiger partial charge in [0.05, 0.1) is 15.7 Å². The van der Waals surface area contributed by atoms with Crippen LogP contribution in [0.25, 0.3) is 16.7 Å². The summed E-state index contributed by atoms with van der Waals surface area (Å²) in [6.07, 6.45) is 3.03. The van der Waals surface area contributed by atoms with E-state index in [-0.39, 0.29) is 0 Å². The first kappa shape index (κ1) is 11.9. The van der Waals surface area contributed by atoms with Crippen LogP contribution in [-0.2, 0) is 10.8 Å². The summed E-state index contributed by atoms with van der Waals surface area (Å²) in [7, 11) is -1.00. The van der Waals surface area contributed by atoms with Crippen molar-refractivity contribution in [3.8, 4) is 11.1 Å². The third kappa shape index (κ3) is 1.58. The molecule has 1 nitrogen and oxygen atoms in total. The zero-order valence-corrected chi connectivity index (χ0v) is 12.0. The number of hydrogen-bond acceptors (Lipinski definition) is 1. The molecule has 1 aliphatic carbocycles. The zero-order valence-electron chi connectivity index (χ0n) is 11.2. The molecule has 2 aromatic carbocycles. The van der Waals surface area contributed by atoms with Crippen molar-refractivity contribution in [2.75, 3.05) is 0 Å². The lowest BCUT2D eigenvalue weighted by Crippen LogP contribution is -1.92. The SMILES string of the molecule is CC1=CC2=C(C1)c1c(-c3ccccc3)cccc1S2=O. The quantitative estimate of drug-likeness (QED) is 0.748. The molecule has 1 heterocycles. The highest BCUT2D eigenvalue weighted by Gasteiger charge is 2.32. The Balaban J connectivity index is 1.98. The Morgan fingerprint density at radius 1 is 1.00 bits per heavy atom. The Labute approximate surface area is 121 Å². The molecule has 0 bridgehead atoms. The van der Waals surface area contributed by atoms with Gasteiger partial charge in [-0.05, 0) is 42.2 Å². The van der Waals surface area contributed by atoms with Gasteiger partial charge in [-0.25, -0.2) is 4.21 Å². The van der Waals surface area contributed by atoms with E-state index in [4.69, 9.17) is 0 Å². The minimum Gasteiger partial charge on any atom is -0.249 e. The number of benzene rings is 2. The fraction of sp³-hybridized carbons (Fsp3) is 0.111. The van der Waals surface area contributed by atoms with Crippen LogP contribution in [0.5, 0.6) is 0 Å².